The van der Waals surface area contributed by atoms with Crippen LogP contribution < -0.4 is 16.0 Å². The number of likely N-dealkylation sites (tertiary alicyclic amines) is 1. The van der Waals surface area contributed by atoms with E-state index >= 15 is 0 Å². The summed E-state index contributed by atoms with van der Waals surface area (Å²) in [7, 11) is 0. The lowest BCUT2D eigenvalue weighted by atomic mass is 9.93. The predicted octanol–water partition coefficient (Wildman–Crippen LogP) is -0.318. The van der Waals surface area contributed by atoms with E-state index in [1.165, 1.54) is 6.42 Å². The summed E-state index contributed by atoms with van der Waals surface area (Å²) in [4.78, 5) is 25.2. The van der Waals surface area contributed by atoms with Crippen LogP contribution in [-0.4, -0.2) is 55.6 Å². The summed E-state index contributed by atoms with van der Waals surface area (Å²) in [6.07, 6.45) is 3.84. The largest absolute Gasteiger partial charge is 0.334 e. The summed E-state index contributed by atoms with van der Waals surface area (Å²) in [6.45, 7) is 7.09. The molecule has 0 aliphatic carbocycles. The number of imide groups is 1. The second kappa shape index (κ2) is 6.68. The summed E-state index contributed by atoms with van der Waals surface area (Å²) >= 11 is 0. The summed E-state index contributed by atoms with van der Waals surface area (Å²) < 4.78 is 0. The maximum absolute atomic E-state index is 11.7. The van der Waals surface area contributed by atoms with Gasteiger partial charge in [0, 0.05) is 25.7 Å². The molecule has 2 aliphatic heterocycles. The van der Waals surface area contributed by atoms with Crippen molar-refractivity contribution in [1.29, 1.82) is 0 Å². The minimum atomic E-state index is -0.456. The summed E-state index contributed by atoms with van der Waals surface area (Å²) in [6, 6.07) is 0.164. The molecule has 0 radical (unpaired) electrons. The summed E-state index contributed by atoms with van der Waals surface area (Å²) in [5.41, 5.74) is 0. The lowest BCUT2D eigenvalue weighted by Crippen LogP contribution is -2.49. The molecule has 6 heteroatoms. The Morgan fingerprint density at radius 2 is 2.26 bits per heavy atom. The Morgan fingerprint density at radius 1 is 1.42 bits per heavy atom. The third-order valence-electron chi connectivity index (χ3n) is 3.77. The maximum atomic E-state index is 11.7. The van der Waals surface area contributed by atoms with E-state index in [1.807, 2.05) is 0 Å². The maximum Gasteiger partial charge on any atom is 0.321 e. The molecule has 2 aliphatic rings. The molecule has 0 aromatic rings. The van der Waals surface area contributed by atoms with Gasteiger partial charge in [-0.05, 0) is 25.3 Å². The van der Waals surface area contributed by atoms with Crippen LogP contribution in [-0.2, 0) is 4.79 Å². The second-order valence-corrected chi connectivity index (χ2v) is 5.18. The van der Waals surface area contributed by atoms with Gasteiger partial charge in [-0.1, -0.05) is 6.08 Å². The van der Waals surface area contributed by atoms with E-state index in [2.05, 4.69) is 27.4 Å². The number of nitrogens with one attached hydrogen (secondary N) is 3. The van der Waals surface area contributed by atoms with Gasteiger partial charge in [0.15, 0.2) is 0 Å². The molecule has 19 heavy (non-hydrogen) atoms. The average molecular weight is 266 g/mol. The summed E-state index contributed by atoms with van der Waals surface area (Å²) in [5, 5.41) is 8.33. The Kier molecular flexibility index (Phi) is 4.93. The average Bonchev–Trinajstić information content (AvgIpc) is 2.83. The van der Waals surface area contributed by atoms with Crippen LogP contribution in [0.2, 0.25) is 0 Å². The van der Waals surface area contributed by atoms with E-state index in [0.717, 1.165) is 26.1 Å². The van der Waals surface area contributed by atoms with Crippen molar-refractivity contribution in [1.82, 2.24) is 20.9 Å². The zero-order valence-electron chi connectivity index (χ0n) is 11.2. The minimum absolute atomic E-state index is 0.244. The Balaban J connectivity index is 1.70. The smallest absolute Gasteiger partial charge is 0.321 e. The molecule has 3 N–H and O–H groups in total. The van der Waals surface area contributed by atoms with Crippen LogP contribution in [0.3, 0.4) is 0 Å². The molecular formula is C13H22N4O2. The topological polar surface area (TPSA) is 73.5 Å². The zero-order chi connectivity index (χ0) is 13.7. The number of fused-ring (bicyclic) bond motifs is 1. The van der Waals surface area contributed by atoms with E-state index < -0.39 is 6.03 Å². The highest BCUT2D eigenvalue weighted by atomic mass is 16.2. The first-order valence-electron chi connectivity index (χ1n) is 6.83. The van der Waals surface area contributed by atoms with E-state index in [0.29, 0.717) is 25.0 Å². The van der Waals surface area contributed by atoms with Gasteiger partial charge in [0.2, 0.25) is 5.91 Å². The number of carbonyl (C=O) groups excluding carboxylic acids is 2. The van der Waals surface area contributed by atoms with Crippen molar-refractivity contribution in [3.05, 3.63) is 12.7 Å². The molecule has 2 atom stereocenters. The number of urea groups is 1. The first-order valence-corrected chi connectivity index (χ1v) is 6.83. The molecule has 3 amide bonds. The fourth-order valence-electron chi connectivity index (χ4n) is 2.84. The minimum Gasteiger partial charge on any atom is -0.334 e. The molecule has 2 heterocycles. The highest BCUT2D eigenvalue weighted by Gasteiger charge is 2.33. The van der Waals surface area contributed by atoms with Gasteiger partial charge in [-0.15, -0.1) is 6.58 Å². The van der Waals surface area contributed by atoms with Crippen molar-refractivity contribution in [3.8, 4) is 0 Å². The number of hydrogen-bond acceptors (Lipinski definition) is 4. The Morgan fingerprint density at radius 3 is 3.05 bits per heavy atom. The van der Waals surface area contributed by atoms with E-state index in [1.54, 1.807) is 6.08 Å². The Labute approximate surface area is 113 Å². The fraction of sp³-hybridized carbons (Fsp3) is 0.692. The van der Waals surface area contributed by atoms with Gasteiger partial charge in [0.1, 0.15) is 0 Å². The van der Waals surface area contributed by atoms with Crippen LogP contribution in [0.15, 0.2) is 12.7 Å². The lowest BCUT2D eigenvalue weighted by molar-refractivity contribution is -0.121. The van der Waals surface area contributed by atoms with Crippen molar-refractivity contribution in [3.63, 3.8) is 0 Å². The normalized spacial score (nSPS) is 26.5. The number of nitrogens with zero attached hydrogens (tertiary/aromatic N) is 1. The number of piperidine rings is 1. The molecule has 2 fully saturated rings. The molecule has 0 saturated carbocycles. The second-order valence-electron chi connectivity index (χ2n) is 5.18. The molecule has 2 rings (SSSR count). The highest BCUT2D eigenvalue weighted by molar-refractivity contribution is 5.95. The van der Waals surface area contributed by atoms with Gasteiger partial charge < -0.3 is 10.6 Å². The van der Waals surface area contributed by atoms with Crippen molar-refractivity contribution in [2.75, 3.05) is 32.7 Å². The third-order valence-corrected chi connectivity index (χ3v) is 3.77. The van der Waals surface area contributed by atoms with Crippen LogP contribution in [0.1, 0.15) is 12.8 Å². The fourth-order valence-corrected chi connectivity index (χ4v) is 2.84. The van der Waals surface area contributed by atoms with Crippen molar-refractivity contribution < 1.29 is 9.59 Å². The Hall–Kier alpha value is -1.40. The van der Waals surface area contributed by atoms with Gasteiger partial charge in [-0.2, -0.15) is 0 Å². The van der Waals surface area contributed by atoms with Crippen molar-refractivity contribution in [2.45, 2.75) is 18.9 Å². The van der Waals surface area contributed by atoms with Crippen LogP contribution in [0.4, 0.5) is 4.79 Å². The molecule has 2 saturated heterocycles. The van der Waals surface area contributed by atoms with E-state index in [-0.39, 0.29) is 5.91 Å². The van der Waals surface area contributed by atoms with Gasteiger partial charge in [0.25, 0.3) is 0 Å². The number of rotatable bonds is 4. The Bertz CT molecular complexity index is 359. The summed E-state index contributed by atoms with van der Waals surface area (Å²) in [5.74, 6) is 0.405. The van der Waals surface area contributed by atoms with Crippen LogP contribution >= 0.6 is 0 Å². The predicted molar refractivity (Wildman–Crippen MR) is 72.7 cm³/mol. The molecule has 106 valence electrons. The quantitative estimate of drug-likeness (QED) is 0.610. The number of amides is 3. The number of hydrogen-bond donors (Lipinski definition) is 3. The van der Waals surface area contributed by atoms with Crippen molar-refractivity contribution in [2.24, 2.45) is 5.92 Å². The molecule has 0 spiro atoms. The highest BCUT2D eigenvalue weighted by Crippen LogP contribution is 2.24. The van der Waals surface area contributed by atoms with E-state index in [9.17, 15) is 9.59 Å². The van der Waals surface area contributed by atoms with Gasteiger partial charge in [0.05, 0.1) is 6.54 Å². The molecule has 0 aromatic heterocycles. The molecule has 6 nitrogen and oxygen atoms in total. The van der Waals surface area contributed by atoms with Gasteiger partial charge >= 0.3 is 6.03 Å². The first kappa shape index (κ1) is 14.0. The first-order chi connectivity index (χ1) is 9.19. The molecule has 0 bridgehead atoms. The van der Waals surface area contributed by atoms with Crippen molar-refractivity contribution >= 4 is 11.9 Å². The van der Waals surface area contributed by atoms with Crippen LogP contribution in [0.5, 0.6) is 0 Å². The molecule has 2 unspecified atom stereocenters. The van der Waals surface area contributed by atoms with Crippen LogP contribution in [0.25, 0.3) is 0 Å². The molecule has 0 aromatic carbocycles. The monoisotopic (exact) mass is 266 g/mol. The van der Waals surface area contributed by atoms with Gasteiger partial charge in [-0.3, -0.25) is 15.0 Å². The lowest BCUT2D eigenvalue weighted by Gasteiger charge is -2.34. The third kappa shape index (κ3) is 4.04. The SMILES string of the molecule is C=CCNC(=O)NC(=O)CN1CCC2NCCC2C1. The molecular weight excluding hydrogens is 244 g/mol. The number of carbonyl (C=O) groups is 2. The van der Waals surface area contributed by atoms with Crippen LogP contribution in [0, 0.1) is 5.92 Å². The van der Waals surface area contributed by atoms with E-state index in [4.69, 9.17) is 0 Å². The zero-order valence-corrected chi connectivity index (χ0v) is 11.2. The standard InChI is InChI=1S/C13H22N4O2/c1-2-5-15-13(19)16-12(18)9-17-7-4-11-10(8-17)3-6-14-11/h2,10-11,14H,1,3-9H2,(H2,15,16,18,19). The van der Waals surface area contributed by atoms with Gasteiger partial charge in [-0.25, -0.2) is 4.79 Å².